The van der Waals surface area contributed by atoms with E-state index in [9.17, 15) is 14.3 Å². The van der Waals surface area contributed by atoms with E-state index in [4.69, 9.17) is 5.11 Å². The van der Waals surface area contributed by atoms with Crippen LogP contribution < -0.4 is 0 Å². The largest absolute Gasteiger partial charge is 0.505 e. The molecule has 0 amide bonds. The second-order valence-electron chi connectivity index (χ2n) is 4.44. The first-order chi connectivity index (χ1) is 7.46. The highest BCUT2D eigenvalue weighted by Crippen LogP contribution is 2.55. The van der Waals surface area contributed by atoms with Crippen LogP contribution in [-0.2, 0) is 10.2 Å². The van der Waals surface area contributed by atoms with Crippen LogP contribution in [0.2, 0.25) is 0 Å². The standard InChI is InChI=1S/C12H13FO3/c1-7-2-3-8(13)11(16)10(7)12(4-5-12)6-9(14)15/h2-3,16H,4-6H2,1H3,(H,14,15). The first kappa shape index (κ1) is 10.9. The van der Waals surface area contributed by atoms with Crippen molar-refractivity contribution in [3.05, 3.63) is 29.1 Å². The van der Waals surface area contributed by atoms with Crippen LogP contribution in [0.1, 0.15) is 30.4 Å². The number of aliphatic carboxylic acids is 1. The zero-order valence-electron chi connectivity index (χ0n) is 8.96. The van der Waals surface area contributed by atoms with Crippen LogP contribution in [0, 0.1) is 12.7 Å². The van der Waals surface area contributed by atoms with Gasteiger partial charge in [-0.2, -0.15) is 0 Å². The molecule has 1 aliphatic carbocycles. The quantitative estimate of drug-likeness (QED) is 0.828. The number of carboxylic acid groups (broad SMARTS) is 1. The minimum Gasteiger partial charge on any atom is -0.505 e. The van der Waals surface area contributed by atoms with Crippen molar-refractivity contribution in [2.75, 3.05) is 0 Å². The number of hydrogen-bond acceptors (Lipinski definition) is 2. The van der Waals surface area contributed by atoms with Crippen LogP contribution in [0.3, 0.4) is 0 Å². The lowest BCUT2D eigenvalue weighted by molar-refractivity contribution is -0.137. The summed E-state index contributed by atoms with van der Waals surface area (Å²) in [5, 5.41) is 18.5. The Morgan fingerprint density at radius 3 is 2.62 bits per heavy atom. The van der Waals surface area contributed by atoms with Gasteiger partial charge in [0.15, 0.2) is 11.6 Å². The van der Waals surface area contributed by atoms with Gasteiger partial charge in [0.05, 0.1) is 6.42 Å². The van der Waals surface area contributed by atoms with E-state index in [1.807, 2.05) is 0 Å². The van der Waals surface area contributed by atoms with Crippen molar-refractivity contribution in [2.45, 2.75) is 31.6 Å². The Morgan fingerprint density at radius 2 is 2.12 bits per heavy atom. The molecule has 0 atom stereocenters. The van der Waals surface area contributed by atoms with Crippen LogP contribution in [0.5, 0.6) is 5.75 Å². The Balaban J connectivity index is 2.48. The number of phenols is 1. The van der Waals surface area contributed by atoms with Crippen LogP contribution in [0.4, 0.5) is 4.39 Å². The molecule has 1 aromatic rings. The summed E-state index contributed by atoms with van der Waals surface area (Å²) < 4.78 is 13.3. The van der Waals surface area contributed by atoms with Gasteiger partial charge >= 0.3 is 5.97 Å². The second-order valence-corrected chi connectivity index (χ2v) is 4.44. The fourth-order valence-corrected chi connectivity index (χ4v) is 2.29. The third kappa shape index (κ3) is 1.64. The molecule has 1 aliphatic rings. The first-order valence-electron chi connectivity index (χ1n) is 5.17. The van der Waals surface area contributed by atoms with Crippen molar-refractivity contribution >= 4 is 5.97 Å². The van der Waals surface area contributed by atoms with Gasteiger partial charge in [-0.1, -0.05) is 6.07 Å². The summed E-state index contributed by atoms with van der Waals surface area (Å²) in [7, 11) is 0. The fraction of sp³-hybridized carbons (Fsp3) is 0.417. The van der Waals surface area contributed by atoms with Gasteiger partial charge < -0.3 is 10.2 Å². The summed E-state index contributed by atoms with van der Waals surface area (Å²) in [4.78, 5) is 10.8. The summed E-state index contributed by atoms with van der Waals surface area (Å²) in [5.74, 6) is -1.99. The predicted molar refractivity (Wildman–Crippen MR) is 56.0 cm³/mol. The normalized spacial score (nSPS) is 17.1. The minimum absolute atomic E-state index is 0.0507. The number of aromatic hydroxyl groups is 1. The smallest absolute Gasteiger partial charge is 0.304 e. The molecule has 0 unspecified atom stereocenters. The molecular weight excluding hydrogens is 211 g/mol. The number of hydrogen-bond donors (Lipinski definition) is 2. The van der Waals surface area contributed by atoms with Gasteiger partial charge in [0.2, 0.25) is 0 Å². The molecule has 2 rings (SSSR count). The molecule has 0 aromatic heterocycles. The van der Waals surface area contributed by atoms with Gasteiger partial charge in [0.25, 0.3) is 0 Å². The van der Waals surface area contributed by atoms with Gasteiger partial charge in [-0.05, 0) is 31.4 Å². The monoisotopic (exact) mass is 224 g/mol. The topological polar surface area (TPSA) is 57.5 Å². The third-order valence-corrected chi connectivity index (χ3v) is 3.21. The molecule has 1 aromatic carbocycles. The lowest BCUT2D eigenvalue weighted by Gasteiger charge is -2.17. The molecule has 0 heterocycles. The van der Waals surface area contributed by atoms with Gasteiger partial charge in [0, 0.05) is 11.0 Å². The molecule has 2 N–H and O–H groups in total. The molecule has 1 fully saturated rings. The van der Waals surface area contributed by atoms with E-state index in [-0.39, 0.29) is 6.42 Å². The van der Waals surface area contributed by atoms with Crippen molar-refractivity contribution in [1.82, 2.24) is 0 Å². The predicted octanol–water partition coefficient (Wildman–Crippen LogP) is 2.35. The molecule has 86 valence electrons. The van der Waals surface area contributed by atoms with E-state index in [2.05, 4.69) is 0 Å². The average Bonchev–Trinajstić information content (AvgIpc) is 2.92. The van der Waals surface area contributed by atoms with E-state index in [1.54, 1.807) is 13.0 Å². The number of halogens is 1. The third-order valence-electron chi connectivity index (χ3n) is 3.21. The summed E-state index contributed by atoms with van der Waals surface area (Å²) >= 11 is 0. The van der Waals surface area contributed by atoms with Crippen LogP contribution in [0.15, 0.2) is 12.1 Å². The van der Waals surface area contributed by atoms with Gasteiger partial charge in [-0.15, -0.1) is 0 Å². The minimum atomic E-state index is -0.916. The molecule has 4 heteroatoms. The fourth-order valence-electron chi connectivity index (χ4n) is 2.29. The van der Waals surface area contributed by atoms with Crippen molar-refractivity contribution in [2.24, 2.45) is 0 Å². The van der Waals surface area contributed by atoms with Gasteiger partial charge in [-0.3, -0.25) is 4.79 Å². The molecule has 0 saturated heterocycles. The zero-order valence-corrected chi connectivity index (χ0v) is 8.96. The highest BCUT2D eigenvalue weighted by molar-refractivity contribution is 5.71. The number of carboxylic acids is 1. The number of rotatable bonds is 3. The van der Waals surface area contributed by atoms with Crippen LogP contribution in [0.25, 0.3) is 0 Å². The molecule has 0 bridgehead atoms. The Labute approximate surface area is 92.5 Å². The first-order valence-corrected chi connectivity index (χ1v) is 5.17. The van der Waals surface area contributed by atoms with E-state index < -0.39 is 23.0 Å². The Kier molecular flexibility index (Phi) is 2.37. The highest BCUT2D eigenvalue weighted by Gasteiger charge is 2.48. The summed E-state index contributed by atoms with van der Waals surface area (Å²) in [6, 6.07) is 2.78. The maximum Gasteiger partial charge on any atom is 0.304 e. The summed E-state index contributed by atoms with van der Waals surface area (Å²) in [6.45, 7) is 1.76. The van der Waals surface area contributed by atoms with E-state index in [0.717, 1.165) is 5.56 Å². The lowest BCUT2D eigenvalue weighted by atomic mass is 9.88. The number of phenolic OH excluding ortho intramolecular Hbond substituents is 1. The van der Waals surface area contributed by atoms with Crippen LogP contribution >= 0.6 is 0 Å². The van der Waals surface area contributed by atoms with Crippen molar-refractivity contribution in [1.29, 1.82) is 0 Å². The van der Waals surface area contributed by atoms with Crippen molar-refractivity contribution < 1.29 is 19.4 Å². The number of benzene rings is 1. The molecule has 0 aliphatic heterocycles. The van der Waals surface area contributed by atoms with Crippen LogP contribution in [-0.4, -0.2) is 16.2 Å². The molecule has 1 saturated carbocycles. The van der Waals surface area contributed by atoms with E-state index in [1.165, 1.54) is 6.07 Å². The zero-order chi connectivity index (χ0) is 11.9. The molecule has 0 radical (unpaired) electrons. The lowest BCUT2D eigenvalue weighted by Crippen LogP contribution is -2.15. The SMILES string of the molecule is Cc1ccc(F)c(O)c1C1(CC(=O)O)CC1. The Hall–Kier alpha value is -1.58. The summed E-state index contributed by atoms with van der Waals surface area (Å²) in [5.41, 5.74) is 0.662. The maximum atomic E-state index is 13.3. The molecule has 3 nitrogen and oxygen atoms in total. The Bertz CT molecular complexity index is 450. The van der Waals surface area contributed by atoms with E-state index >= 15 is 0 Å². The molecule has 0 spiro atoms. The van der Waals surface area contributed by atoms with Gasteiger partial charge in [-0.25, -0.2) is 4.39 Å². The average molecular weight is 224 g/mol. The highest BCUT2D eigenvalue weighted by atomic mass is 19.1. The summed E-state index contributed by atoms with van der Waals surface area (Å²) in [6.07, 6.45) is 1.33. The molecular formula is C12H13FO3. The Morgan fingerprint density at radius 1 is 1.50 bits per heavy atom. The maximum absolute atomic E-state index is 13.3. The second kappa shape index (κ2) is 3.47. The number of carbonyl (C=O) groups is 1. The van der Waals surface area contributed by atoms with Crippen molar-refractivity contribution in [3.8, 4) is 5.75 Å². The number of aryl methyl sites for hydroxylation is 1. The molecule has 16 heavy (non-hydrogen) atoms. The van der Waals surface area contributed by atoms with Crippen molar-refractivity contribution in [3.63, 3.8) is 0 Å². The van der Waals surface area contributed by atoms with E-state index in [0.29, 0.717) is 18.4 Å². The van der Waals surface area contributed by atoms with Gasteiger partial charge in [0.1, 0.15) is 0 Å².